The summed E-state index contributed by atoms with van der Waals surface area (Å²) in [4.78, 5) is 22.3. The summed E-state index contributed by atoms with van der Waals surface area (Å²) >= 11 is 0. The number of carbonyl (C=O) groups excluding carboxylic acids is 2. The van der Waals surface area contributed by atoms with Crippen LogP contribution in [0.15, 0.2) is 0 Å². The van der Waals surface area contributed by atoms with Gasteiger partial charge in [-0.15, -0.1) is 0 Å². The molecular weight excluding hydrogens is 210 g/mol. The topological polar surface area (TPSA) is 55.4 Å². The molecule has 0 aromatic heterocycles. The van der Waals surface area contributed by atoms with Gasteiger partial charge in [0.15, 0.2) is 5.60 Å². The van der Waals surface area contributed by atoms with Crippen LogP contribution in [-0.2, 0) is 9.53 Å². The Hall–Kier alpha value is 0.200. The van der Waals surface area contributed by atoms with E-state index >= 15 is 0 Å². The van der Waals surface area contributed by atoms with Gasteiger partial charge in [0.05, 0.1) is 0 Å². The zero-order valence-corrected chi connectivity index (χ0v) is 11.0. The van der Waals surface area contributed by atoms with Crippen LogP contribution < -0.4 is 5.32 Å². The molecule has 0 unspecified atom stereocenters. The van der Waals surface area contributed by atoms with E-state index in [4.69, 9.17) is 4.74 Å². The van der Waals surface area contributed by atoms with E-state index in [0.29, 0.717) is 12.8 Å². The first kappa shape index (κ1) is 14.2. The average Bonchev–Trinajstić information content (AvgIpc) is 2.28. The minimum Gasteiger partial charge on any atom is -0.432 e. The van der Waals surface area contributed by atoms with Gasteiger partial charge in [0.2, 0.25) is 0 Å². The molecule has 0 aromatic carbocycles. The molecule has 0 aliphatic carbocycles. The van der Waals surface area contributed by atoms with Crippen LogP contribution in [0.25, 0.3) is 0 Å². The van der Waals surface area contributed by atoms with Gasteiger partial charge in [-0.1, -0.05) is 26.7 Å². The molecule has 1 saturated heterocycles. The van der Waals surface area contributed by atoms with Gasteiger partial charge in [-0.05, 0) is 12.8 Å². The third-order valence-corrected chi connectivity index (χ3v) is 2.23. The Balaban J connectivity index is 0.00000169. The number of hydrogen-bond acceptors (Lipinski definition) is 3. The van der Waals surface area contributed by atoms with Crippen molar-refractivity contribution in [2.24, 2.45) is 0 Å². The van der Waals surface area contributed by atoms with Crippen molar-refractivity contribution >= 4 is 49.7 Å². The number of rotatable bonds is 4. The molecule has 1 rings (SSSR count). The first-order chi connectivity index (χ1) is 6.14. The first-order valence-electron chi connectivity index (χ1n) is 4.69. The molecular formula is C9H15CaNO3+2. The maximum atomic E-state index is 11.4. The molecule has 0 spiro atoms. The van der Waals surface area contributed by atoms with Crippen LogP contribution in [0.1, 0.15) is 39.5 Å². The second-order valence-corrected chi connectivity index (χ2v) is 3.34. The monoisotopic (exact) mass is 225 g/mol. The van der Waals surface area contributed by atoms with Gasteiger partial charge in [0.25, 0.3) is 5.91 Å². The molecule has 1 N–H and O–H groups in total. The Bertz CT molecular complexity index is 224. The van der Waals surface area contributed by atoms with Crippen LogP contribution in [-0.4, -0.2) is 55.3 Å². The standard InChI is InChI=1S/C9H15NO3.Ca/c1-3-5-9(6-4-2)7(11)10-8(12)13-9;/h3-6H2,1-2H3,(H,10,11,12);/q;+2. The number of cyclic esters (lactones) is 1. The molecule has 4 nitrogen and oxygen atoms in total. The van der Waals surface area contributed by atoms with E-state index in [1.54, 1.807) is 0 Å². The first-order valence-corrected chi connectivity index (χ1v) is 4.69. The van der Waals surface area contributed by atoms with Crippen molar-refractivity contribution in [3.05, 3.63) is 0 Å². The molecule has 1 fully saturated rings. The number of amides is 2. The molecule has 1 aliphatic heterocycles. The minimum absolute atomic E-state index is 0. The van der Waals surface area contributed by atoms with Crippen LogP contribution in [0.3, 0.4) is 0 Å². The predicted molar refractivity (Wildman–Crippen MR) is 52.9 cm³/mol. The molecule has 1 heterocycles. The largest absolute Gasteiger partial charge is 2.00 e. The normalized spacial score (nSPS) is 18.4. The number of nitrogens with one attached hydrogen (secondary N) is 1. The number of alkyl carbamates (subject to hydrolysis) is 1. The Morgan fingerprint density at radius 3 is 2.00 bits per heavy atom. The summed E-state index contributed by atoms with van der Waals surface area (Å²) in [6.07, 6.45) is 2.28. The molecule has 74 valence electrons. The van der Waals surface area contributed by atoms with E-state index in [9.17, 15) is 9.59 Å². The van der Waals surface area contributed by atoms with Crippen LogP contribution >= 0.6 is 0 Å². The van der Waals surface area contributed by atoms with E-state index in [1.807, 2.05) is 13.8 Å². The Morgan fingerprint density at radius 1 is 1.21 bits per heavy atom. The van der Waals surface area contributed by atoms with E-state index in [-0.39, 0.29) is 43.6 Å². The molecule has 0 radical (unpaired) electrons. The maximum Gasteiger partial charge on any atom is 2.00 e. The van der Waals surface area contributed by atoms with E-state index in [0.717, 1.165) is 12.8 Å². The van der Waals surface area contributed by atoms with E-state index in [2.05, 4.69) is 5.32 Å². The zero-order chi connectivity index (χ0) is 9.90. The van der Waals surface area contributed by atoms with Gasteiger partial charge >= 0.3 is 43.8 Å². The fraction of sp³-hybridized carbons (Fsp3) is 0.778. The van der Waals surface area contributed by atoms with Gasteiger partial charge in [-0.3, -0.25) is 10.1 Å². The summed E-state index contributed by atoms with van der Waals surface area (Å²) in [6.45, 7) is 3.94. The molecule has 0 aromatic rings. The van der Waals surface area contributed by atoms with E-state index < -0.39 is 11.7 Å². The second-order valence-electron chi connectivity index (χ2n) is 3.34. The SMILES string of the molecule is CCCC1(CCC)OC(=O)NC1=O.[Ca+2]. The van der Waals surface area contributed by atoms with Crippen LogP contribution in [0.4, 0.5) is 4.79 Å². The number of ether oxygens (including phenoxy) is 1. The van der Waals surface area contributed by atoms with Crippen molar-refractivity contribution in [2.45, 2.75) is 45.1 Å². The van der Waals surface area contributed by atoms with Crippen LogP contribution in [0, 0.1) is 0 Å². The predicted octanol–water partition coefficient (Wildman–Crippen LogP) is 1.21. The van der Waals surface area contributed by atoms with Gasteiger partial charge < -0.3 is 4.74 Å². The third kappa shape index (κ3) is 2.84. The fourth-order valence-corrected chi connectivity index (χ4v) is 1.72. The van der Waals surface area contributed by atoms with Crippen molar-refractivity contribution in [1.29, 1.82) is 0 Å². The summed E-state index contributed by atoms with van der Waals surface area (Å²) in [7, 11) is 0. The van der Waals surface area contributed by atoms with Crippen LogP contribution in [0.2, 0.25) is 0 Å². The Kier molecular flexibility index (Phi) is 6.02. The van der Waals surface area contributed by atoms with Crippen molar-refractivity contribution in [3.8, 4) is 0 Å². The molecule has 14 heavy (non-hydrogen) atoms. The molecule has 2 amide bonds. The molecule has 0 bridgehead atoms. The zero-order valence-electron chi connectivity index (χ0n) is 8.76. The number of hydrogen-bond donors (Lipinski definition) is 1. The summed E-state index contributed by atoms with van der Waals surface area (Å²) in [5, 5.41) is 2.18. The van der Waals surface area contributed by atoms with Crippen molar-refractivity contribution < 1.29 is 14.3 Å². The van der Waals surface area contributed by atoms with Crippen molar-refractivity contribution in [2.75, 3.05) is 0 Å². The van der Waals surface area contributed by atoms with Crippen LogP contribution in [0.5, 0.6) is 0 Å². The minimum atomic E-state index is -0.874. The average molecular weight is 225 g/mol. The molecule has 5 heteroatoms. The molecule has 1 aliphatic rings. The van der Waals surface area contributed by atoms with Crippen molar-refractivity contribution in [1.82, 2.24) is 5.32 Å². The summed E-state index contributed by atoms with van der Waals surface area (Å²) in [5.41, 5.74) is -0.874. The molecule has 0 atom stereocenters. The maximum absolute atomic E-state index is 11.4. The van der Waals surface area contributed by atoms with Crippen molar-refractivity contribution in [3.63, 3.8) is 0 Å². The second kappa shape index (κ2) is 5.93. The smallest absolute Gasteiger partial charge is 0.432 e. The summed E-state index contributed by atoms with van der Waals surface area (Å²) in [6, 6.07) is 0. The van der Waals surface area contributed by atoms with Gasteiger partial charge in [0.1, 0.15) is 0 Å². The number of imide groups is 1. The third-order valence-electron chi connectivity index (χ3n) is 2.23. The van der Waals surface area contributed by atoms with Gasteiger partial charge in [0, 0.05) is 0 Å². The van der Waals surface area contributed by atoms with Gasteiger partial charge in [-0.25, -0.2) is 4.79 Å². The number of carbonyl (C=O) groups is 2. The van der Waals surface area contributed by atoms with Gasteiger partial charge in [-0.2, -0.15) is 0 Å². The fourth-order valence-electron chi connectivity index (χ4n) is 1.72. The molecule has 0 saturated carbocycles. The van der Waals surface area contributed by atoms with E-state index in [1.165, 1.54) is 0 Å². The summed E-state index contributed by atoms with van der Waals surface area (Å²) < 4.78 is 5.04. The Morgan fingerprint density at radius 2 is 1.71 bits per heavy atom. The summed E-state index contributed by atoms with van der Waals surface area (Å²) in [5.74, 6) is -0.277. The quantitative estimate of drug-likeness (QED) is 0.732. The Labute approximate surface area is 114 Å².